The normalized spacial score (nSPS) is 28.2. The number of ether oxygens (including phenoxy) is 2. The van der Waals surface area contributed by atoms with E-state index >= 15 is 0 Å². The largest absolute Gasteiger partial charge is 0.414 e. The summed E-state index contributed by atoms with van der Waals surface area (Å²) in [5, 5.41) is 0.223. The van der Waals surface area contributed by atoms with Gasteiger partial charge in [-0.3, -0.25) is 4.98 Å². The molecule has 2 aromatic rings. The average molecular weight is 510 g/mol. The number of benzene rings is 1. The molecule has 1 aromatic carbocycles. The van der Waals surface area contributed by atoms with Crippen molar-refractivity contribution in [1.82, 2.24) is 4.98 Å². The van der Waals surface area contributed by atoms with Crippen molar-refractivity contribution in [3.63, 3.8) is 0 Å². The third-order valence-corrected chi connectivity index (χ3v) is 13.5. The van der Waals surface area contributed by atoms with Crippen molar-refractivity contribution in [1.29, 1.82) is 0 Å². The molecular weight excluding hydrogens is 469 g/mol. The van der Waals surface area contributed by atoms with Crippen molar-refractivity contribution in [2.45, 2.75) is 76.5 Å². The Hall–Kier alpha value is -1.86. The molecule has 194 valence electrons. The number of rotatable bonds is 5. The van der Waals surface area contributed by atoms with Gasteiger partial charge in [0.2, 0.25) is 0 Å². The summed E-state index contributed by atoms with van der Waals surface area (Å²) in [6.45, 7) is 13.0. The van der Waals surface area contributed by atoms with E-state index in [1.807, 2.05) is 24.4 Å². The van der Waals surface area contributed by atoms with E-state index in [0.29, 0.717) is 31.2 Å². The van der Waals surface area contributed by atoms with Crippen molar-refractivity contribution < 1.29 is 18.3 Å². The zero-order valence-corrected chi connectivity index (χ0v) is 23.3. The van der Waals surface area contributed by atoms with Gasteiger partial charge >= 0.3 is 0 Å². The number of halogens is 1. The Morgan fingerprint density at radius 1 is 1.08 bits per heavy atom. The van der Waals surface area contributed by atoms with Gasteiger partial charge in [0.25, 0.3) is 0 Å². The van der Waals surface area contributed by atoms with E-state index in [9.17, 15) is 4.39 Å². The summed E-state index contributed by atoms with van der Waals surface area (Å²) in [4.78, 5) is 4.63. The van der Waals surface area contributed by atoms with Crippen LogP contribution in [0.4, 0.5) is 4.39 Å². The first-order valence-corrected chi connectivity index (χ1v) is 16.3. The fraction of sp³-hybridized carbons (Fsp3) is 0.567. The molecule has 2 heterocycles. The lowest BCUT2D eigenvalue weighted by Gasteiger charge is -2.42. The highest BCUT2D eigenvalue weighted by Gasteiger charge is 2.57. The minimum Gasteiger partial charge on any atom is -0.414 e. The first-order valence-electron chi connectivity index (χ1n) is 13.4. The van der Waals surface area contributed by atoms with E-state index in [4.69, 9.17) is 13.9 Å². The van der Waals surface area contributed by atoms with Crippen LogP contribution in [-0.2, 0) is 13.9 Å². The second-order valence-corrected chi connectivity index (χ2v) is 17.1. The third kappa shape index (κ3) is 5.10. The zero-order chi connectivity index (χ0) is 25.6. The molecule has 1 spiro atoms. The molecule has 1 saturated heterocycles. The Balaban J connectivity index is 1.31. The first-order chi connectivity index (χ1) is 17.1. The second kappa shape index (κ2) is 9.79. The van der Waals surface area contributed by atoms with Crippen LogP contribution in [0.25, 0.3) is 17.2 Å². The second-order valence-electron chi connectivity index (χ2n) is 12.3. The minimum atomic E-state index is -1.79. The molecule has 5 rings (SSSR count). The highest BCUT2D eigenvalue weighted by molar-refractivity contribution is 6.74. The van der Waals surface area contributed by atoms with Crippen molar-refractivity contribution in [3.05, 3.63) is 60.2 Å². The highest BCUT2D eigenvalue weighted by atomic mass is 28.4. The van der Waals surface area contributed by atoms with E-state index < -0.39 is 14.1 Å². The Morgan fingerprint density at radius 3 is 2.53 bits per heavy atom. The molecule has 0 radical (unpaired) electrons. The smallest absolute Gasteiger partial charge is 0.192 e. The highest BCUT2D eigenvalue weighted by Crippen LogP contribution is 2.56. The number of aromatic nitrogens is 1. The van der Waals surface area contributed by atoms with Crippen LogP contribution in [0, 0.1) is 23.6 Å². The maximum absolute atomic E-state index is 13.6. The molecule has 2 aliphatic carbocycles. The van der Waals surface area contributed by atoms with Gasteiger partial charge in [-0.2, -0.15) is 0 Å². The maximum Gasteiger partial charge on any atom is 0.192 e. The topological polar surface area (TPSA) is 40.6 Å². The van der Waals surface area contributed by atoms with Crippen molar-refractivity contribution >= 4 is 14.4 Å². The fourth-order valence-corrected chi connectivity index (χ4v) is 7.50. The van der Waals surface area contributed by atoms with Crippen LogP contribution in [0.3, 0.4) is 0 Å². The maximum atomic E-state index is 13.6. The van der Waals surface area contributed by atoms with Crippen LogP contribution in [0.15, 0.2) is 48.7 Å². The Labute approximate surface area is 216 Å². The lowest BCUT2D eigenvalue weighted by molar-refractivity contribution is -0.175. The van der Waals surface area contributed by atoms with Crippen molar-refractivity contribution in [2.24, 2.45) is 17.8 Å². The molecule has 0 unspecified atom stereocenters. The van der Waals surface area contributed by atoms with Gasteiger partial charge in [0, 0.05) is 30.2 Å². The number of hydrogen-bond donors (Lipinski definition) is 0. The summed E-state index contributed by atoms with van der Waals surface area (Å²) < 4.78 is 33.1. The molecule has 0 amide bonds. The van der Waals surface area contributed by atoms with Gasteiger partial charge in [0.15, 0.2) is 14.1 Å². The van der Waals surface area contributed by atoms with Gasteiger partial charge in [0.05, 0.1) is 18.9 Å². The van der Waals surface area contributed by atoms with Gasteiger partial charge in [-0.25, -0.2) is 4.39 Å². The Bertz CT molecular complexity index is 1090. The SMILES string of the molecule is CC(C)(C)[Si](C)(C)O[C@@H]1CC[C@@H]2[C@H](C1)CC1(OCCO1)[C@H]2/C=C/c1ccc(-c2cccc(F)c2)cn1. The van der Waals surface area contributed by atoms with Gasteiger partial charge in [-0.1, -0.05) is 45.0 Å². The zero-order valence-electron chi connectivity index (χ0n) is 22.3. The molecule has 4 nitrogen and oxygen atoms in total. The van der Waals surface area contributed by atoms with E-state index in [0.717, 1.165) is 42.5 Å². The number of hydrogen-bond acceptors (Lipinski definition) is 4. The standard InChI is InChI=1S/C30H40FNO3Si/c1-29(2,3)36(4,5)35-26-12-13-27-23(18-26)19-30(33-15-16-34-30)28(27)14-11-25-10-9-22(20-32-25)21-7-6-8-24(31)17-21/h6-11,14,17,20,23,26-28H,12-13,15-16,18-19H2,1-5H3/b14-11+/t23-,26-,27-,28+/m1/s1. The lowest BCUT2D eigenvalue weighted by atomic mass is 9.76. The fourth-order valence-electron chi connectivity index (χ4n) is 6.10. The van der Waals surface area contributed by atoms with Crippen LogP contribution >= 0.6 is 0 Å². The van der Waals surface area contributed by atoms with Crippen LogP contribution in [0.1, 0.15) is 52.1 Å². The van der Waals surface area contributed by atoms with Crippen LogP contribution < -0.4 is 0 Å². The molecular formula is C30H40FNO3Si. The predicted molar refractivity (Wildman–Crippen MR) is 144 cm³/mol. The van der Waals surface area contributed by atoms with E-state index in [1.54, 1.807) is 6.07 Å². The van der Waals surface area contributed by atoms with Crippen LogP contribution in [0.5, 0.6) is 0 Å². The van der Waals surface area contributed by atoms with Gasteiger partial charge in [-0.15, -0.1) is 0 Å². The third-order valence-electron chi connectivity index (χ3n) is 8.97. The lowest BCUT2D eigenvalue weighted by Crippen LogP contribution is -2.45. The van der Waals surface area contributed by atoms with E-state index in [1.165, 1.54) is 12.1 Å². The molecule has 36 heavy (non-hydrogen) atoms. The predicted octanol–water partition coefficient (Wildman–Crippen LogP) is 7.47. The minimum absolute atomic E-state index is 0.212. The Morgan fingerprint density at radius 2 is 1.86 bits per heavy atom. The van der Waals surface area contributed by atoms with Gasteiger partial charge in [-0.05, 0) is 79.1 Å². The van der Waals surface area contributed by atoms with Gasteiger partial charge in [0.1, 0.15) is 5.82 Å². The first kappa shape index (κ1) is 25.8. The average Bonchev–Trinajstić information content (AvgIpc) is 3.41. The Kier molecular flexibility index (Phi) is 7.01. The molecule has 1 aromatic heterocycles. The quantitative estimate of drug-likeness (QED) is 0.392. The van der Waals surface area contributed by atoms with Crippen molar-refractivity contribution in [2.75, 3.05) is 13.2 Å². The van der Waals surface area contributed by atoms with E-state index in [2.05, 4.69) is 51.0 Å². The molecule has 6 heteroatoms. The molecule has 3 aliphatic rings. The molecule has 1 aliphatic heterocycles. The number of nitrogens with zero attached hydrogens (tertiary/aromatic N) is 1. The molecule has 4 atom stereocenters. The molecule has 3 fully saturated rings. The van der Waals surface area contributed by atoms with Crippen molar-refractivity contribution in [3.8, 4) is 11.1 Å². The summed E-state index contributed by atoms with van der Waals surface area (Å²) in [5.74, 6) is 0.538. The molecule has 2 saturated carbocycles. The molecule has 0 bridgehead atoms. The number of pyridine rings is 1. The van der Waals surface area contributed by atoms with E-state index in [-0.39, 0.29) is 16.8 Å². The number of fused-ring (bicyclic) bond motifs is 1. The van der Waals surface area contributed by atoms with Crippen LogP contribution in [-0.4, -0.2) is 38.4 Å². The summed E-state index contributed by atoms with van der Waals surface area (Å²) >= 11 is 0. The summed E-state index contributed by atoms with van der Waals surface area (Å²) in [5.41, 5.74) is 2.63. The monoisotopic (exact) mass is 509 g/mol. The van der Waals surface area contributed by atoms with Crippen LogP contribution in [0.2, 0.25) is 18.1 Å². The summed E-state index contributed by atoms with van der Waals surface area (Å²) in [6, 6.07) is 10.6. The van der Waals surface area contributed by atoms with Gasteiger partial charge < -0.3 is 13.9 Å². The summed E-state index contributed by atoms with van der Waals surface area (Å²) in [7, 11) is -1.79. The molecule has 0 N–H and O–H groups in total. The summed E-state index contributed by atoms with van der Waals surface area (Å²) in [6.07, 6.45) is 10.8.